The first kappa shape index (κ1) is 12.4. The third kappa shape index (κ3) is 2.81. The van der Waals surface area contributed by atoms with Crippen molar-refractivity contribution in [1.82, 2.24) is 4.98 Å². The first-order valence-corrected chi connectivity index (χ1v) is 6.52. The van der Waals surface area contributed by atoms with Gasteiger partial charge in [0.05, 0.1) is 0 Å². The summed E-state index contributed by atoms with van der Waals surface area (Å²) in [5.74, 6) is -0.555. The van der Waals surface area contributed by atoms with Crippen LogP contribution in [0.25, 0.3) is 0 Å². The molecule has 92 valence electrons. The second-order valence-corrected chi connectivity index (χ2v) is 4.43. The van der Waals surface area contributed by atoms with E-state index in [1.807, 2.05) is 30.5 Å². The van der Waals surface area contributed by atoms with Crippen molar-refractivity contribution in [2.24, 2.45) is 0 Å². The van der Waals surface area contributed by atoms with Crippen molar-refractivity contribution in [3.05, 3.63) is 48.3 Å². The Kier molecular flexibility index (Phi) is 3.84. The van der Waals surface area contributed by atoms with E-state index in [9.17, 15) is 9.90 Å². The van der Waals surface area contributed by atoms with E-state index in [1.165, 1.54) is 12.3 Å². The average Bonchev–Trinajstić information content (AvgIpc) is 2.40. The topological polar surface area (TPSA) is 62.2 Å². The van der Waals surface area contributed by atoms with E-state index < -0.39 is 5.91 Å². The number of anilines is 1. The Labute approximate surface area is 109 Å². The summed E-state index contributed by atoms with van der Waals surface area (Å²) in [4.78, 5) is 16.8. The predicted molar refractivity (Wildman–Crippen MR) is 72.1 cm³/mol. The van der Waals surface area contributed by atoms with E-state index in [-0.39, 0.29) is 11.4 Å². The highest BCUT2D eigenvalue weighted by Crippen LogP contribution is 2.19. The lowest BCUT2D eigenvalue weighted by Crippen LogP contribution is -2.13. The summed E-state index contributed by atoms with van der Waals surface area (Å²) in [5, 5.41) is 12.2. The number of carbonyl (C=O) groups is 1. The van der Waals surface area contributed by atoms with Crippen LogP contribution in [0.1, 0.15) is 10.5 Å². The third-order valence-electron chi connectivity index (χ3n) is 2.35. The number of pyridine rings is 1. The van der Waals surface area contributed by atoms with Crippen molar-refractivity contribution in [2.75, 3.05) is 11.6 Å². The minimum Gasteiger partial charge on any atom is -0.505 e. The molecule has 0 atom stereocenters. The largest absolute Gasteiger partial charge is 0.505 e. The number of rotatable bonds is 3. The number of nitrogens with zero attached hydrogens (tertiary/aromatic N) is 1. The molecule has 0 fully saturated rings. The molecule has 18 heavy (non-hydrogen) atoms. The molecule has 1 heterocycles. The Morgan fingerprint density at radius 3 is 2.61 bits per heavy atom. The van der Waals surface area contributed by atoms with Crippen LogP contribution in [0.2, 0.25) is 0 Å². The minimum atomic E-state index is -0.426. The van der Waals surface area contributed by atoms with Gasteiger partial charge in [-0.2, -0.15) is 0 Å². The number of benzene rings is 1. The molecule has 0 saturated heterocycles. The second kappa shape index (κ2) is 5.55. The lowest BCUT2D eigenvalue weighted by atomic mass is 10.2. The van der Waals surface area contributed by atoms with Gasteiger partial charge in [0.15, 0.2) is 5.69 Å². The van der Waals surface area contributed by atoms with Crippen LogP contribution in [-0.2, 0) is 0 Å². The van der Waals surface area contributed by atoms with Gasteiger partial charge in [-0.1, -0.05) is 0 Å². The van der Waals surface area contributed by atoms with Gasteiger partial charge in [-0.25, -0.2) is 4.98 Å². The molecule has 0 aliphatic carbocycles. The van der Waals surface area contributed by atoms with Gasteiger partial charge in [0.25, 0.3) is 5.91 Å². The fourth-order valence-corrected chi connectivity index (χ4v) is 1.84. The number of thioether (sulfide) groups is 1. The van der Waals surface area contributed by atoms with Crippen LogP contribution in [-0.4, -0.2) is 22.3 Å². The molecule has 0 bridgehead atoms. The second-order valence-electron chi connectivity index (χ2n) is 3.55. The van der Waals surface area contributed by atoms with E-state index >= 15 is 0 Å². The molecule has 0 spiro atoms. The molecule has 0 unspecified atom stereocenters. The Morgan fingerprint density at radius 2 is 2.00 bits per heavy atom. The number of amides is 1. The van der Waals surface area contributed by atoms with Gasteiger partial charge in [-0.15, -0.1) is 11.8 Å². The molecule has 0 aliphatic rings. The molecule has 1 amide bonds. The van der Waals surface area contributed by atoms with Crippen molar-refractivity contribution in [2.45, 2.75) is 4.90 Å². The number of carbonyl (C=O) groups excluding carboxylic acids is 1. The molecule has 2 N–H and O–H groups in total. The maximum absolute atomic E-state index is 11.9. The van der Waals surface area contributed by atoms with Gasteiger partial charge in [0, 0.05) is 16.8 Å². The van der Waals surface area contributed by atoms with Crippen molar-refractivity contribution in [3.8, 4) is 5.75 Å². The smallest absolute Gasteiger partial charge is 0.278 e. The number of nitrogens with one attached hydrogen (secondary N) is 1. The van der Waals surface area contributed by atoms with Gasteiger partial charge in [0.2, 0.25) is 0 Å². The highest BCUT2D eigenvalue weighted by molar-refractivity contribution is 7.98. The molecule has 5 heteroatoms. The molecule has 0 saturated carbocycles. The Hall–Kier alpha value is -2.01. The lowest BCUT2D eigenvalue weighted by molar-refractivity contribution is 0.101. The van der Waals surface area contributed by atoms with Crippen LogP contribution in [0.4, 0.5) is 5.69 Å². The molecular formula is C13H12N2O2S. The number of hydrogen-bond acceptors (Lipinski definition) is 4. The first-order chi connectivity index (χ1) is 8.70. The maximum Gasteiger partial charge on any atom is 0.278 e. The molecule has 1 aromatic heterocycles. The van der Waals surface area contributed by atoms with Crippen LogP contribution >= 0.6 is 11.8 Å². The monoisotopic (exact) mass is 260 g/mol. The summed E-state index contributed by atoms with van der Waals surface area (Å²) in [5.41, 5.74) is 0.689. The predicted octanol–water partition coefficient (Wildman–Crippen LogP) is 2.76. The highest BCUT2D eigenvalue weighted by Gasteiger charge is 2.11. The fourth-order valence-electron chi connectivity index (χ4n) is 1.44. The average molecular weight is 260 g/mol. The van der Waals surface area contributed by atoms with Crippen LogP contribution in [0.5, 0.6) is 5.75 Å². The molecule has 2 rings (SSSR count). The third-order valence-corrected chi connectivity index (χ3v) is 3.09. The van der Waals surface area contributed by atoms with E-state index in [0.29, 0.717) is 5.69 Å². The van der Waals surface area contributed by atoms with Gasteiger partial charge in [0.1, 0.15) is 5.75 Å². The van der Waals surface area contributed by atoms with Crippen molar-refractivity contribution >= 4 is 23.4 Å². The van der Waals surface area contributed by atoms with Crippen LogP contribution in [0.3, 0.4) is 0 Å². The van der Waals surface area contributed by atoms with E-state index in [1.54, 1.807) is 17.8 Å². The Bertz CT molecular complexity index is 555. The first-order valence-electron chi connectivity index (χ1n) is 5.30. The SMILES string of the molecule is CSc1ccc(NC(=O)c2ncccc2O)cc1. The van der Waals surface area contributed by atoms with Crippen LogP contribution < -0.4 is 5.32 Å². The summed E-state index contributed by atoms with van der Waals surface area (Å²) < 4.78 is 0. The highest BCUT2D eigenvalue weighted by atomic mass is 32.2. The number of hydrogen-bond donors (Lipinski definition) is 2. The summed E-state index contributed by atoms with van der Waals surface area (Å²) in [7, 11) is 0. The van der Waals surface area contributed by atoms with Crippen molar-refractivity contribution < 1.29 is 9.90 Å². The fraction of sp³-hybridized carbons (Fsp3) is 0.0769. The number of aromatic hydroxyl groups is 1. The normalized spacial score (nSPS) is 10.1. The molecule has 2 aromatic rings. The van der Waals surface area contributed by atoms with Gasteiger partial charge in [-0.05, 0) is 42.7 Å². The van der Waals surface area contributed by atoms with E-state index in [4.69, 9.17) is 0 Å². The Morgan fingerprint density at radius 1 is 1.28 bits per heavy atom. The summed E-state index contributed by atoms with van der Waals surface area (Å²) in [6.45, 7) is 0. The van der Waals surface area contributed by atoms with Gasteiger partial charge in [-0.3, -0.25) is 4.79 Å². The van der Waals surface area contributed by atoms with Crippen LogP contribution in [0, 0.1) is 0 Å². The van der Waals surface area contributed by atoms with Gasteiger partial charge < -0.3 is 10.4 Å². The molecule has 0 aliphatic heterocycles. The standard InChI is InChI=1S/C13H12N2O2S/c1-18-10-6-4-9(5-7-10)15-13(17)12-11(16)3-2-8-14-12/h2-8,16H,1H3,(H,15,17). The zero-order valence-corrected chi connectivity index (χ0v) is 10.6. The molecule has 4 nitrogen and oxygen atoms in total. The molecule has 0 radical (unpaired) electrons. The lowest BCUT2D eigenvalue weighted by Gasteiger charge is -2.06. The van der Waals surface area contributed by atoms with E-state index in [2.05, 4.69) is 10.3 Å². The van der Waals surface area contributed by atoms with Gasteiger partial charge >= 0.3 is 0 Å². The Balaban J connectivity index is 2.14. The molecule has 1 aromatic carbocycles. The van der Waals surface area contributed by atoms with Crippen molar-refractivity contribution in [3.63, 3.8) is 0 Å². The quantitative estimate of drug-likeness (QED) is 0.833. The maximum atomic E-state index is 11.9. The summed E-state index contributed by atoms with van der Waals surface area (Å²) >= 11 is 1.63. The summed E-state index contributed by atoms with van der Waals surface area (Å²) in [6, 6.07) is 10.4. The molecular weight excluding hydrogens is 248 g/mol. The minimum absolute atomic E-state index is 0.0199. The zero-order chi connectivity index (χ0) is 13.0. The van der Waals surface area contributed by atoms with Crippen molar-refractivity contribution in [1.29, 1.82) is 0 Å². The van der Waals surface area contributed by atoms with E-state index in [0.717, 1.165) is 4.90 Å². The van der Waals surface area contributed by atoms with Crippen LogP contribution in [0.15, 0.2) is 47.5 Å². The summed E-state index contributed by atoms with van der Waals surface area (Å²) in [6.07, 6.45) is 3.45. The number of aromatic nitrogens is 1. The zero-order valence-electron chi connectivity index (χ0n) is 9.75.